The van der Waals surface area contributed by atoms with Crippen LogP contribution in [0, 0.1) is 0 Å². The van der Waals surface area contributed by atoms with Gasteiger partial charge < -0.3 is 9.26 Å². The molecule has 118 valence electrons. The molecule has 1 aromatic rings. The van der Waals surface area contributed by atoms with E-state index in [-0.39, 0.29) is 0 Å². The molecule has 21 heavy (non-hydrogen) atoms. The summed E-state index contributed by atoms with van der Waals surface area (Å²) < 4.78 is 11.0. The Morgan fingerprint density at radius 1 is 1.14 bits per heavy atom. The lowest BCUT2D eigenvalue weighted by molar-refractivity contribution is 0.0741. The Bertz CT molecular complexity index is 431. The quantitative estimate of drug-likeness (QED) is 0.816. The van der Waals surface area contributed by atoms with Gasteiger partial charge in [-0.1, -0.05) is 12.1 Å². The molecule has 0 bridgehead atoms. The third kappa shape index (κ3) is 4.25. The molecular formula is C15H26N4O2. The van der Waals surface area contributed by atoms with Gasteiger partial charge in [-0.15, -0.1) is 0 Å². The highest BCUT2D eigenvalue weighted by Crippen LogP contribution is 2.15. The molecule has 1 atom stereocenters. The van der Waals surface area contributed by atoms with Crippen molar-refractivity contribution in [3.05, 3.63) is 11.7 Å². The van der Waals surface area contributed by atoms with E-state index in [1.165, 1.54) is 25.8 Å². The maximum Gasteiger partial charge on any atom is 0.240 e. The Balaban J connectivity index is 1.46. The summed E-state index contributed by atoms with van der Waals surface area (Å²) in [6.45, 7) is 9.30. The zero-order chi connectivity index (χ0) is 14.5. The van der Waals surface area contributed by atoms with Crippen LogP contribution in [0.25, 0.3) is 0 Å². The van der Waals surface area contributed by atoms with Crippen LogP contribution in [-0.2, 0) is 17.7 Å². The van der Waals surface area contributed by atoms with Gasteiger partial charge in [0.15, 0.2) is 5.82 Å². The Morgan fingerprint density at radius 3 is 2.76 bits per heavy atom. The average molecular weight is 294 g/mol. The highest BCUT2D eigenvalue weighted by atomic mass is 16.5. The highest BCUT2D eigenvalue weighted by Gasteiger charge is 2.22. The average Bonchev–Trinajstić information content (AvgIpc) is 3.10. The molecule has 3 heterocycles. The second-order valence-corrected chi connectivity index (χ2v) is 6.02. The molecule has 2 aliphatic rings. The predicted octanol–water partition coefficient (Wildman–Crippen LogP) is 1.32. The third-order valence-corrected chi connectivity index (χ3v) is 4.35. The zero-order valence-corrected chi connectivity index (χ0v) is 13.0. The van der Waals surface area contributed by atoms with Crippen LogP contribution in [0.5, 0.6) is 0 Å². The first-order chi connectivity index (χ1) is 10.3. The Hall–Kier alpha value is -0.980. The van der Waals surface area contributed by atoms with Crippen LogP contribution in [0.3, 0.4) is 0 Å². The van der Waals surface area contributed by atoms with Crippen molar-refractivity contribution in [2.45, 2.75) is 45.3 Å². The van der Waals surface area contributed by atoms with Gasteiger partial charge in [0.2, 0.25) is 5.89 Å². The number of aromatic nitrogens is 2. The summed E-state index contributed by atoms with van der Waals surface area (Å²) in [7, 11) is 0. The molecule has 0 saturated carbocycles. The van der Waals surface area contributed by atoms with Crippen LogP contribution in [-0.4, -0.2) is 65.4 Å². The Morgan fingerprint density at radius 2 is 2.00 bits per heavy atom. The van der Waals surface area contributed by atoms with Crippen LogP contribution in [0.1, 0.15) is 37.9 Å². The monoisotopic (exact) mass is 294 g/mol. The summed E-state index contributed by atoms with van der Waals surface area (Å²) in [5.41, 5.74) is 0. The third-order valence-electron chi connectivity index (χ3n) is 4.35. The van der Waals surface area contributed by atoms with E-state index in [9.17, 15) is 0 Å². The molecule has 6 nitrogen and oxygen atoms in total. The minimum Gasteiger partial charge on any atom is -0.377 e. The molecule has 0 radical (unpaired) electrons. The lowest BCUT2D eigenvalue weighted by atomic mass is 10.2. The molecule has 1 unspecified atom stereocenters. The number of nitrogens with zero attached hydrogens (tertiary/aromatic N) is 4. The van der Waals surface area contributed by atoms with Crippen molar-refractivity contribution in [1.29, 1.82) is 0 Å². The van der Waals surface area contributed by atoms with Crippen LogP contribution in [0.15, 0.2) is 4.52 Å². The molecule has 0 aromatic carbocycles. The molecule has 0 spiro atoms. The normalized spacial score (nSPS) is 25.3. The molecule has 1 aromatic heterocycles. The molecule has 6 heteroatoms. The summed E-state index contributed by atoms with van der Waals surface area (Å²) >= 11 is 0. The van der Waals surface area contributed by atoms with E-state index in [1.54, 1.807) is 0 Å². The van der Waals surface area contributed by atoms with E-state index < -0.39 is 0 Å². The van der Waals surface area contributed by atoms with E-state index in [4.69, 9.17) is 9.26 Å². The van der Waals surface area contributed by atoms with Crippen molar-refractivity contribution >= 4 is 0 Å². The second kappa shape index (κ2) is 7.33. The van der Waals surface area contributed by atoms with E-state index in [0.717, 1.165) is 57.5 Å². The molecule has 3 rings (SSSR count). The summed E-state index contributed by atoms with van der Waals surface area (Å²) in [5, 5.41) is 3.97. The van der Waals surface area contributed by atoms with Gasteiger partial charge in [-0.25, -0.2) is 0 Å². The van der Waals surface area contributed by atoms with Gasteiger partial charge in [0.05, 0.1) is 12.6 Å². The minimum atomic E-state index is 0.458. The maximum absolute atomic E-state index is 5.75. The van der Waals surface area contributed by atoms with Crippen LogP contribution in [0.4, 0.5) is 0 Å². The van der Waals surface area contributed by atoms with Crippen molar-refractivity contribution in [2.24, 2.45) is 0 Å². The van der Waals surface area contributed by atoms with E-state index in [1.807, 2.05) is 6.92 Å². The topological polar surface area (TPSA) is 54.6 Å². The fraction of sp³-hybridized carbons (Fsp3) is 0.867. The lowest BCUT2D eigenvalue weighted by Crippen LogP contribution is -2.35. The van der Waals surface area contributed by atoms with Crippen molar-refractivity contribution in [1.82, 2.24) is 19.9 Å². The van der Waals surface area contributed by atoms with Crippen LogP contribution >= 0.6 is 0 Å². The number of ether oxygens (including phenoxy) is 1. The minimum absolute atomic E-state index is 0.458. The van der Waals surface area contributed by atoms with E-state index in [2.05, 4.69) is 19.9 Å². The summed E-state index contributed by atoms with van der Waals surface area (Å²) in [5.74, 6) is 1.55. The molecule has 0 N–H and O–H groups in total. The van der Waals surface area contributed by atoms with Crippen molar-refractivity contribution in [3.63, 3.8) is 0 Å². The highest BCUT2D eigenvalue weighted by molar-refractivity contribution is 4.86. The Labute approximate surface area is 126 Å². The number of rotatable bonds is 5. The zero-order valence-electron chi connectivity index (χ0n) is 13.0. The maximum atomic E-state index is 5.75. The van der Waals surface area contributed by atoms with Gasteiger partial charge in [0.1, 0.15) is 0 Å². The molecule has 0 aliphatic carbocycles. The van der Waals surface area contributed by atoms with Crippen LogP contribution in [0.2, 0.25) is 0 Å². The standard InChI is InChI=1S/C15H26N4O2/c1-2-14-16-15(21-17-14)12-19-7-4-6-18(8-9-19)11-13-5-3-10-20-13/h13H,2-12H2,1H3. The van der Waals surface area contributed by atoms with E-state index in [0.29, 0.717) is 6.10 Å². The molecule has 2 saturated heterocycles. The predicted molar refractivity (Wildman–Crippen MR) is 79.0 cm³/mol. The molecule has 2 fully saturated rings. The lowest BCUT2D eigenvalue weighted by Gasteiger charge is -2.23. The fourth-order valence-electron chi connectivity index (χ4n) is 3.13. The SMILES string of the molecule is CCc1noc(CN2CCCN(CC3CCCO3)CC2)n1. The van der Waals surface area contributed by atoms with Gasteiger partial charge >= 0.3 is 0 Å². The van der Waals surface area contributed by atoms with Gasteiger partial charge in [0.25, 0.3) is 0 Å². The number of aryl methyl sites for hydroxylation is 1. The first kappa shape index (κ1) is 14.9. The van der Waals surface area contributed by atoms with Gasteiger partial charge in [-0.05, 0) is 32.4 Å². The molecular weight excluding hydrogens is 268 g/mol. The summed E-state index contributed by atoms with van der Waals surface area (Å²) in [4.78, 5) is 9.36. The number of hydrogen-bond acceptors (Lipinski definition) is 6. The second-order valence-electron chi connectivity index (χ2n) is 6.02. The van der Waals surface area contributed by atoms with Crippen molar-refractivity contribution in [2.75, 3.05) is 39.3 Å². The van der Waals surface area contributed by atoms with E-state index >= 15 is 0 Å². The smallest absolute Gasteiger partial charge is 0.240 e. The fourth-order valence-corrected chi connectivity index (χ4v) is 3.13. The van der Waals surface area contributed by atoms with Crippen molar-refractivity contribution in [3.8, 4) is 0 Å². The first-order valence-electron chi connectivity index (χ1n) is 8.21. The van der Waals surface area contributed by atoms with Gasteiger partial charge in [-0.2, -0.15) is 4.98 Å². The van der Waals surface area contributed by atoms with Gasteiger partial charge in [0, 0.05) is 32.7 Å². The van der Waals surface area contributed by atoms with Crippen LogP contribution < -0.4 is 0 Å². The summed E-state index contributed by atoms with van der Waals surface area (Å²) in [6, 6.07) is 0. The van der Waals surface area contributed by atoms with Gasteiger partial charge in [-0.3, -0.25) is 9.80 Å². The first-order valence-corrected chi connectivity index (χ1v) is 8.21. The summed E-state index contributed by atoms with van der Waals surface area (Å²) in [6.07, 6.45) is 4.93. The van der Waals surface area contributed by atoms with Crippen molar-refractivity contribution < 1.29 is 9.26 Å². The molecule has 0 amide bonds. The largest absolute Gasteiger partial charge is 0.377 e. The Kier molecular flexibility index (Phi) is 5.22. The molecule has 2 aliphatic heterocycles. The number of hydrogen-bond donors (Lipinski definition) is 0.